The van der Waals surface area contributed by atoms with Crippen LogP contribution in [0.4, 0.5) is 0 Å². The summed E-state index contributed by atoms with van der Waals surface area (Å²) in [6.07, 6.45) is 0.758. The number of esters is 2. The van der Waals surface area contributed by atoms with Crippen molar-refractivity contribution in [1.82, 2.24) is 0 Å². The third-order valence-corrected chi connectivity index (χ3v) is 3.92. The minimum absolute atomic E-state index is 0.0597. The van der Waals surface area contributed by atoms with Gasteiger partial charge < -0.3 is 14.2 Å². The number of hydrogen-bond acceptors (Lipinski definition) is 5. The number of methoxy groups -OCH3 is 2. The van der Waals surface area contributed by atoms with Gasteiger partial charge in [-0.1, -0.05) is 25.5 Å². The highest BCUT2D eigenvalue weighted by molar-refractivity contribution is 5.87. The molecule has 1 aromatic rings. The Hall–Kier alpha value is -2.04. The zero-order chi connectivity index (χ0) is 15.5. The van der Waals surface area contributed by atoms with Crippen LogP contribution in [0.2, 0.25) is 0 Å². The summed E-state index contributed by atoms with van der Waals surface area (Å²) in [5.41, 5.74) is -0.157. The maximum absolute atomic E-state index is 12.3. The van der Waals surface area contributed by atoms with Crippen LogP contribution in [0.3, 0.4) is 0 Å². The van der Waals surface area contributed by atoms with Gasteiger partial charge in [-0.3, -0.25) is 9.59 Å². The second-order valence-corrected chi connectivity index (χ2v) is 5.22. The van der Waals surface area contributed by atoms with Gasteiger partial charge in [0.05, 0.1) is 20.6 Å². The number of ether oxygens (including phenoxy) is 3. The molecule has 1 aliphatic rings. The van der Waals surface area contributed by atoms with Crippen molar-refractivity contribution < 1.29 is 23.8 Å². The molecule has 0 bridgehead atoms. The van der Waals surface area contributed by atoms with E-state index >= 15 is 0 Å². The molecule has 0 aliphatic carbocycles. The summed E-state index contributed by atoms with van der Waals surface area (Å²) in [4.78, 5) is 24.1. The first-order valence-corrected chi connectivity index (χ1v) is 6.99. The van der Waals surface area contributed by atoms with E-state index in [0.29, 0.717) is 12.2 Å². The van der Waals surface area contributed by atoms with Crippen molar-refractivity contribution in [3.63, 3.8) is 0 Å². The van der Waals surface area contributed by atoms with Gasteiger partial charge in [0.15, 0.2) is 0 Å². The maximum Gasteiger partial charge on any atom is 0.316 e. The van der Waals surface area contributed by atoms with Crippen LogP contribution in [0.15, 0.2) is 24.3 Å². The molecule has 5 nitrogen and oxygen atoms in total. The molecule has 0 spiro atoms. The zero-order valence-corrected chi connectivity index (χ0v) is 12.5. The molecule has 1 aliphatic heterocycles. The predicted molar refractivity (Wildman–Crippen MR) is 75.8 cm³/mol. The molecule has 0 aromatic heterocycles. The Balaban J connectivity index is 2.41. The first-order chi connectivity index (χ1) is 10.1. The van der Waals surface area contributed by atoms with E-state index in [4.69, 9.17) is 14.2 Å². The molecule has 2 unspecified atom stereocenters. The summed E-state index contributed by atoms with van der Waals surface area (Å²) in [5, 5.41) is 0. The minimum atomic E-state index is -0.935. The monoisotopic (exact) mass is 292 g/mol. The standard InChI is InChI=1S/C16H20O5/c1-4-9-16(15(18)20-3)10-13(17)21-14(16)11-5-7-12(19-2)8-6-11/h5-8,14H,4,9-10H2,1-3H3. The molecule has 0 N–H and O–H groups in total. The van der Waals surface area contributed by atoms with Gasteiger partial charge in [0.2, 0.25) is 0 Å². The fourth-order valence-corrected chi connectivity index (χ4v) is 2.95. The van der Waals surface area contributed by atoms with Crippen LogP contribution >= 0.6 is 0 Å². The second kappa shape index (κ2) is 6.16. The highest BCUT2D eigenvalue weighted by Crippen LogP contribution is 2.50. The number of cyclic esters (lactones) is 1. The van der Waals surface area contributed by atoms with Crippen molar-refractivity contribution in [2.24, 2.45) is 5.41 Å². The van der Waals surface area contributed by atoms with Crippen molar-refractivity contribution in [3.05, 3.63) is 29.8 Å². The fourth-order valence-electron chi connectivity index (χ4n) is 2.95. The van der Waals surface area contributed by atoms with Gasteiger partial charge >= 0.3 is 11.9 Å². The Labute approximate surface area is 124 Å². The largest absolute Gasteiger partial charge is 0.497 e. The second-order valence-electron chi connectivity index (χ2n) is 5.22. The fraction of sp³-hybridized carbons (Fsp3) is 0.500. The molecule has 21 heavy (non-hydrogen) atoms. The Morgan fingerprint density at radius 3 is 2.52 bits per heavy atom. The molecule has 2 atom stereocenters. The molecule has 1 aromatic carbocycles. The molecule has 1 heterocycles. The van der Waals surface area contributed by atoms with E-state index in [2.05, 4.69) is 0 Å². The summed E-state index contributed by atoms with van der Waals surface area (Å²) in [6, 6.07) is 7.20. The maximum atomic E-state index is 12.3. The molecule has 0 saturated carbocycles. The highest BCUT2D eigenvalue weighted by Gasteiger charge is 2.55. The summed E-state index contributed by atoms with van der Waals surface area (Å²) in [5.74, 6) is -0.0482. The zero-order valence-electron chi connectivity index (χ0n) is 12.5. The quantitative estimate of drug-likeness (QED) is 0.781. The van der Waals surface area contributed by atoms with Crippen LogP contribution < -0.4 is 4.74 Å². The van der Waals surface area contributed by atoms with Gasteiger partial charge in [-0.25, -0.2) is 0 Å². The van der Waals surface area contributed by atoms with Crippen molar-refractivity contribution >= 4 is 11.9 Å². The van der Waals surface area contributed by atoms with Gasteiger partial charge in [0.1, 0.15) is 17.3 Å². The Kier molecular flexibility index (Phi) is 4.50. The predicted octanol–water partition coefficient (Wildman–Crippen LogP) is 2.64. The lowest BCUT2D eigenvalue weighted by Gasteiger charge is -2.29. The van der Waals surface area contributed by atoms with E-state index < -0.39 is 17.5 Å². The Bertz CT molecular complexity index is 522. The van der Waals surface area contributed by atoms with E-state index in [0.717, 1.165) is 12.0 Å². The van der Waals surface area contributed by atoms with Gasteiger partial charge in [-0.05, 0) is 24.1 Å². The van der Waals surface area contributed by atoms with Crippen LogP contribution in [-0.4, -0.2) is 26.2 Å². The molecular weight excluding hydrogens is 272 g/mol. The molecule has 1 saturated heterocycles. The van der Waals surface area contributed by atoms with E-state index in [-0.39, 0.29) is 12.4 Å². The van der Waals surface area contributed by atoms with Crippen LogP contribution in [0.25, 0.3) is 0 Å². The SMILES string of the molecule is CCCC1(C(=O)OC)CC(=O)OC1c1ccc(OC)cc1. The van der Waals surface area contributed by atoms with E-state index in [1.165, 1.54) is 7.11 Å². The van der Waals surface area contributed by atoms with Crippen LogP contribution in [0.1, 0.15) is 37.9 Å². The first kappa shape index (κ1) is 15.4. The van der Waals surface area contributed by atoms with Crippen LogP contribution in [0, 0.1) is 5.41 Å². The van der Waals surface area contributed by atoms with Crippen LogP contribution in [-0.2, 0) is 19.1 Å². The van der Waals surface area contributed by atoms with Crippen molar-refractivity contribution in [2.45, 2.75) is 32.3 Å². The van der Waals surface area contributed by atoms with Crippen molar-refractivity contribution in [2.75, 3.05) is 14.2 Å². The molecular formula is C16H20O5. The average Bonchev–Trinajstić information content (AvgIpc) is 2.84. The minimum Gasteiger partial charge on any atom is -0.497 e. The summed E-state index contributed by atoms with van der Waals surface area (Å²) in [6.45, 7) is 1.97. The average molecular weight is 292 g/mol. The highest BCUT2D eigenvalue weighted by atomic mass is 16.6. The van der Waals surface area contributed by atoms with Gasteiger partial charge in [-0.15, -0.1) is 0 Å². The number of rotatable bonds is 5. The summed E-state index contributed by atoms with van der Waals surface area (Å²) in [7, 11) is 2.92. The molecule has 5 heteroatoms. The Morgan fingerprint density at radius 2 is 2.00 bits per heavy atom. The molecule has 1 fully saturated rings. The lowest BCUT2D eigenvalue weighted by molar-refractivity contribution is -0.157. The molecule has 0 amide bonds. The number of carbonyl (C=O) groups is 2. The lowest BCUT2D eigenvalue weighted by Crippen LogP contribution is -2.35. The molecule has 2 rings (SSSR count). The van der Waals surface area contributed by atoms with Gasteiger partial charge in [0.25, 0.3) is 0 Å². The number of hydrogen-bond donors (Lipinski definition) is 0. The van der Waals surface area contributed by atoms with Crippen LogP contribution in [0.5, 0.6) is 5.75 Å². The molecule has 0 radical (unpaired) electrons. The Morgan fingerprint density at radius 1 is 1.33 bits per heavy atom. The van der Waals surface area contributed by atoms with E-state index in [1.807, 2.05) is 19.1 Å². The smallest absolute Gasteiger partial charge is 0.316 e. The third kappa shape index (κ3) is 2.73. The third-order valence-electron chi connectivity index (χ3n) is 3.92. The summed E-state index contributed by atoms with van der Waals surface area (Å²) < 4.78 is 15.5. The summed E-state index contributed by atoms with van der Waals surface area (Å²) >= 11 is 0. The van der Waals surface area contributed by atoms with Gasteiger partial charge in [0, 0.05) is 0 Å². The molecule has 114 valence electrons. The topological polar surface area (TPSA) is 61.8 Å². The number of carbonyl (C=O) groups excluding carboxylic acids is 2. The van der Waals surface area contributed by atoms with Crippen molar-refractivity contribution in [3.8, 4) is 5.75 Å². The first-order valence-electron chi connectivity index (χ1n) is 6.99. The normalized spacial score (nSPS) is 24.5. The van der Waals surface area contributed by atoms with E-state index in [9.17, 15) is 9.59 Å². The van der Waals surface area contributed by atoms with E-state index in [1.54, 1.807) is 19.2 Å². The lowest BCUT2D eigenvalue weighted by atomic mass is 9.74. The van der Waals surface area contributed by atoms with Crippen molar-refractivity contribution in [1.29, 1.82) is 0 Å². The van der Waals surface area contributed by atoms with Gasteiger partial charge in [-0.2, -0.15) is 0 Å². The number of benzene rings is 1.